The fraction of sp³-hybridized carbons (Fsp3) is 0.154. The summed E-state index contributed by atoms with van der Waals surface area (Å²) >= 11 is 1.20. The molecule has 1 amide bonds. The van der Waals surface area contributed by atoms with Crippen LogP contribution in [0.5, 0.6) is 0 Å². The molecule has 0 bridgehead atoms. The third-order valence-corrected chi connectivity index (χ3v) is 3.45. The molecule has 1 aromatic heterocycles. The molecule has 0 aliphatic rings. The van der Waals surface area contributed by atoms with E-state index in [4.69, 9.17) is 10.2 Å². The van der Waals surface area contributed by atoms with Crippen LogP contribution in [0.2, 0.25) is 0 Å². The monoisotopic (exact) mass is 280 g/mol. The normalized spacial score (nSPS) is 10.4. The van der Waals surface area contributed by atoms with Gasteiger partial charge in [-0.25, -0.2) is 4.39 Å². The van der Waals surface area contributed by atoms with Crippen molar-refractivity contribution < 1.29 is 13.6 Å². The summed E-state index contributed by atoms with van der Waals surface area (Å²) in [4.78, 5) is 12.2. The van der Waals surface area contributed by atoms with E-state index in [1.54, 1.807) is 18.4 Å². The Morgan fingerprint density at radius 1 is 1.42 bits per heavy atom. The van der Waals surface area contributed by atoms with Gasteiger partial charge in [0.1, 0.15) is 11.6 Å². The quantitative estimate of drug-likeness (QED) is 0.652. The van der Waals surface area contributed by atoms with E-state index in [0.29, 0.717) is 22.9 Å². The highest BCUT2D eigenvalue weighted by Gasteiger charge is 2.07. The van der Waals surface area contributed by atoms with E-state index in [2.05, 4.69) is 5.32 Å². The van der Waals surface area contributed by atoms with E-state index >= 15 is 0 Å². The molecule has 0 saturated heterocycles. The maximum atomic E-state index is 13.0. The van der Waals surface area contributed by atoms with E-state index < -0.39 is 0 Å². The van der Waals surface area contributed by atoms with Gasteiger partial charge in [0.2, 0.25) is 5.91 Å². The predicted molar refractivity (Wildman–Crippen MR) is 72.1 cm³/mol. The van der Waals surface area contributed by atoms with Crippen LogP contribution in [0.4, 0.5) is 10.1 Å². The molecule has 2 aromatic rings. The Kier molecular flexibility index (Phi) is 4.46. The molecule has 6 heteroatoms. The Labute approximate surface area is 114 Å². The molecule has 0 atom stereocenters. The molecule has 0 saturated carbocycles. The average molecular weight is 280 g/mol. The maximum Gasteiger partial charge on any atom is 0.230 e. The number of hydrogen-bond donors (Lipinski definition) is 2. The number of nitrogens with one attached hydrogen (secondary N) is 1. The molecule has 1 heterocycles. The Hall–Kier alpha value is -1.95. The molecule has 0 fully saturated rings. The van der Waals surface area contributed by atoms with E-state index in [1.165, 1.54) is 30.0 Å². The fourth-order valence-corrected chi connectivity index (χ4v) is 2.25. The summed E-state index contributed by atoms with van der Waals surface area (Å²) in [6.07, 6.45) is 1.55. The molecule has 2 rings (SSSR count). The number of nitrogen functional groups attached to an aromatic ring is 1. The van der Waals surface area contributed by atoms with Crippen LogP contribution >= 0.6 is 11.8 Å². The first-order valence-electron chi connectivity index (χ1n) is 5.62. The maximum absolute atomic E-state index is 13.0. The molecule has 0 aliphatic carbocycles. The van der Waals surface area contributed by atoms with Crippen molar-refractivity contribution >= 4 is 23.4 Å². The second kappa shape index (κ2) is 6.29. The lowest BCUT2D eigenvalue weighted by Gasteiger charge is -2.06. The van der Waals surface area contributed by atoms with Crippen molar-refractivity contribution in [1.29, 1.82) is 0 Å². The topological polar surface area (TPSA) is 68.3 Å². The molecule has 3 N–H and O–H groups in total. The second-order valence-corrected chi connectivity index (χ2v) is 4.84. The van der Waals surface area contributed by atoms with Crippen LogP contribution in [0.15, 0.2) is 45.9 Å². The van der Waals surface area contributed by atoms with Crippen LogP contribution in [-0.4, -0.2) is 11.7 Å². The Morgan fingerprint density at radius 2 is 2.26 bits per heavy atom. The zero-order chi connectivity index (χ0) is 13.7. The number of furan rings is 1. The van der Waals surface area contributed by atoms with Crippen molar-refractivity contribution in [2.45, 2.75) is 11.4 Å². The second-order valence-electron chi connectivity index (χ2n) is 3.83. The molecular weight excluding hydrogens is 267 g/mol. The highest BCUT2D eigenvalue weighted by molar-refractivity contribution is 8.00. The molecule has 0 spiro atoms. The Balaban J connectivity index is 1.81. The molecule has 1 aromatic carbocycles. The minimum atomic E-state index is -0.368. The summed E-state index contributed by atoms with van der Waals surface area (Å²) in [6.45, 7) is 0.338. The summed E-state index contributed by atoms with van der Waals surface area (Å²) in [5.41, 5.74) is 6.16. The first-order valence-corrected chi connectivity index (χ1v) is 6.60. The average Bonchev–Trinajstić information content (AvgIpc) is 2.90. The Morgan fingerprint density at radius 3 is 3.00 bits per heavy atom. The minimum absolute atomic E-state index is 0.162. The highest BCUT2D eigenvalue weighted by atomic mass is 32.2. The SMILES string of the molecule is Nc1ccc(F)cc1SCC(=O)NCc1ccco1. The number of rotatable bonds is 5. The van der Waals surface area contributed by atoms with Gasteiger partial charge >= 0.3 is 0 Å². The van der Waals surface area contributed by atoms with Gasteiger partial charge in [0.15, 0.2) is 0 Å². The number of thioether (sulfide) groups is 1. The number of carbonyl (C=O) groups is 1. The van der Waals surface area contributed by atoms with Gasteiger partial charge in [0, 0.05) is 10.6 Å². The summed E-state index contributed by atoms with van der Waals surface area (Å²) in [6, 6.07) is 7.62. The standard InChI is InChI=1S/C13H13FN2O2S/c14-9-3-4-11(15)12(6-9)19-8-13(17)16-7-10-2-1-5-18-10/h1-6H,7-8,15H2,(H,16,17). The van der Waals surface area contributed by atoms with Gasteiger partial charge in [0.05, 0.1) is 18.6 Å². The van der Waals surface area contributed by atoms with Crippen molar-refractivity contribution in [3.63, 3.8) is 0 Å². The lowest BCUT2D eigenvalue weighted by atomic mass is 10.3. The van der Waals surface area contributed by atoms with Crippen molar-refractivity contribution in [3.05, 3.63) is 48.2 Å². The predicted octanol–water partition coefficient (Wildman–Crippen LogP) is 2.41. The minimum Gasteiger partial charge on any atom is -0.467 e. The third kappa shape index (κ3) is 4.03. The van der Waals surface area contributed by atoms with Crippen molar-refractivity contribution in [2.24, 2.45) is 0 Å². The number of benzene rings is 1. The Bertz CT molecular complexity index is 558. The van der Waals surface area contributed by atoms with Gasteiger partial charge in [-0.3, -0.25) is 4.79 Å². The van der Waals surface area contributed by atoms with Gasteiger partial charge in [0.25, 0.3) is 0 Å². The summed E-state index contributed by atoms with van der Waals surface area (Å²) in [7, 11) is 0. The van der Waals surface area contributed by atoms with Crippen LogP contribution in [0.3, 0.4) is 0 Å². The van der Waals surface area contributed by atoms with E-state index in [9.17, 15) is 9.18 Å². The molecule has 4 nitrogen and oxygen atoms in total. The van der Waals surface area contributed by atoms with Crippen LogP contribution in [0.1, 0.15) is 5.76 Å². The summed E-state index contributed by atoms with van der Waals surface area (Å²) < 4.78 is 18.1. The van der Waals surface area contributed by atoms with Gasteiger partial charge in [-0.15, -0.1) is 11.8 Å². The van der Waals surface area contributed by atoms with Gasteiger partial charge in [-0.2, -0.15) is 0 Å². The van der Waals surface area contributed by atoms with Crippen molar-refractivity contribution in [3.8, 4) is 0 Å². The summed E-state index contributed by atoms with van der Waals surface area (Å²) in [5, 5.41) is 2.70. The first-order chi connectivity index (χ1) is 9.15. The number of amides is 1. The van der Waals surface area contributed by atoms with Gasteiger partial charge in [-0.05, 0) is 30.3 Å². The van der Waals surface area contributed by atoms with Crippen LogP contribution in [0, 0.1) is 5.82 Å². The van der Waals surface area contributed by atoms with Crippen LogP contribution in [-0.2, 0) is 11.3 Å². The molecule has 0 unspecified atom stereocenters. The molecular formula is C13H13FN2O2S. The van der Waals surface area contributed by atoms with E-state index in [1.807, 2.05) is 0 Å². The molecule has 100 valence electrons. The fourth-order valence-electron chi connectivity index (χ4n) is 1.43. The number of halogens is 1. The third-order valence-electron chi connectivity index (χ3n) is 2.37. The number of carbonyl (C=O) groups excluding carboxylic acids is 1. The number of nitrogens with two attached hydrogens (primary N) is 1. The molecule has 19 heavy (non-hydrogen) atoms. The smallest absolute Gasteiger partial charge is 0.230 e. The summed E-state index contributed by atoms with van der Waals surface area (Å²) in [5.74, 6) is 0.329. The lowest BCUT2D eigenvalue weighted by molar-refractivity contribution is -0.118. The largest absolute Gasteiger partial charge is 0.467 e. The van der Waals surface area contributed by atoms with Crippen molar-refractivity contribution in [1.82, 2.24) is 5.32 Å². The van der Waals surface area contributed by atoms with Crippen molar-refractivity contribution in [2.75, 3.05) is 11.5 Å². The number of anilines is 1. The number of hydrogen-bond acceptors (Lipinski definition) is 4. The van der Waals surface area contributed by atoms with Crippen LogP contribution in [0.25, 0.3) is 0 Å². The first kappa shape index (κ1) is 13.5. The lowest BCUT2D eigenvalue weighted by Crippen LogP contribution is -2.24. The van der Waals surface area contributed by atoms with Gasteiger partial charge in [-0.1, -0.05) is 0 Å². The molecule has 0 aliphatic heterocycles. The highest BCUT2D eigenvalue weighted by Crippen LogP contribution is 2.25. The van der Waals surface area contributed by atoms with Gasteiger partial charge < -0.3 is 15.5 Å². The van der Waals surface area contributed by atoms with E-state index in [0.717, 1.165) is 0 Å². The zero-order valence-electron chi connectivity index (χ0n) is 10.1. The van der Waals surface area contributed by atoms with E-state index in [-0.39, 0.29) is 17.5 Å². The van der Waals surface area contributed by atoms with Crippen LogP contribution < -0.4 is 11.1 Å². The molecule has 0 radical (unpaired) electrons. The zero-order valence-corrected chi connectivity index (χ0v) is 10.9.